The van der Waals surface area contributed by atoms with E-state index in [-0.39, 0.29) is 0 Å². The van der Waals surface area contributed by atoms with Gasteiger partial charge < -0.3 is 4.74 Å². The smallest absolute Gasteiger partial charge is 0.257 e. The first-order valence-electron chi connectivity index (χ1n) is 10.2. The van der Waals surface area contributed by atoms with Crippen LogP contribution in [0.3, 0.4) is 0 Å². The van der Waals surface area contributed by atoms with Gasteiger partial charge in [-0.3, -0.25) is 0 Å². The van der Waals surface area contributed by atoms with Crippen molar-refractivity contribution in [3.8, 4) is 22.8 Å². The summed E-state index contributed by atoms with van der Waals surface area (Å²) in [6.07, 6.45) is 3.24. The van der Waals surface area contributed by atoms with Gasteiger partial charge in [0, 0.05) is 21.1 Å². The van der Waals surface area contributed by atoms with E-state index in [9.17, 15) is 0 Å². The number of fused-ring (bicyclic) bond motifs is 4. The summed E-state index contributed by atoms with van der Waals surface area (Å²) < 4.78 is 8.87. The van der Waals surface area contributed by atoms with Crippen molar-refractivity contribution < 1.29 is 9.30 Å². The van der Waals surface area contributed by atoms with E-state index in [0.717, 1.165) is 39.3 Å². The minimum Gasteiger partial charge on any atom is -0.449 e. The van der Waals surface area contributed by atoms with E-state index >= 15 is 0 Å². The second-order valence-electron chi connectivity index (χ2n) is 8.77. The van der Waals surface area contributed by atoms with Crippen LogP contribution in [0.2, 0.25) is 0 Å². The Labute approximate surface area is 177 Å². The van der Waals surface area contributed by atoms with Gasteiger partial charge in [0.05, 0.1) is 5.56 Å². The first kappa shape index (κ1) is 18.5. The number of benzene rings is 3. The monoisotopic (exact) mass is 400 g/mol. The zero-order valence-electron chi connectivity index (χ0n) is 17.6. The third-order valence-corrected chi connectivity index (χ3v) is 6.33. The Kier molecular flexibility index (Phi) is 4.15. The summed E-state index contributed by atoms with van der Waals surface area (Å²) in [5.41, 5.74) is 6.40. The molecule has 2 nitrogen and oxygen atoms in total. The molecule has 2 heterocycles. The van der Waals surface area contributed by atoms with Gasteiger partial charge >= 0.3 is 0 Å². The van der Waals surface area contributed by atoms with Crippen LogP contribution >= 0.6 is 12.6 Å². The maximum atomic E-state index is 6.66. The molecular formula is C26H26NOS+. The molecule has 0 saturated carbocycles. The highest BCUT2D eigenvalue weighted by atomic mass is 32.1. The Bertz CT molecular complexity index is 1320. The summed E-state index contributed by atoms with van der Waals surface area (Å²) in [6, 6.07) is 13.2. The molecule has 3 heteroatoms. The lowest BCUT2D eigenvalue weighted by Crippen LogP contribution is -2.32. The van der Waals surface area contributed by atoms with E-state index in [1.807, 2.05) is 6.07 Å². The number of aromatic nitrogens is 1. The second-order valence-corrected chi connectivity index (χ2v) is 9.29. The fraction of sp³-hybridized carbons (Fsp3) is 0.269. The molecule has 1 aromatic heterocycles. The number of hydrogen-bond donors (Lipinski definition) is 1. The molecule has 0 aliphatic carbocycles. The number of hydrogen-bond acceptors (Lipinski definition) is 2. The molecule has 0 unspecified atom stereocenters. The lowest BCUT2D eigenvalue weighted by atomic mass is 9.88. The maximum Gasteiger partial charge on any atom is 0.257 e. The van der Waals surface area contributed by atoms with Crippen molar-refractivity contribution in [1.29, 1.82) is 0 Å². The highest BCUT2D eigenvalue weighted by Crippen LogP contribution is 2.50. The standard InChI is InChI=1S/C26H25NOS/c1-14(2)8-17-10-19-9-15(3)16(4)23-24(19)22(11-17)28-26-21-12-20(29)7-6-18(21)13-27(5)25(23)26/h6-7,9-14H,8H2,1-5H3/p+1. The molecule has 0 bridgehead atoms. The van der Waals surface area contributed by atoms with Crippen LogP contribution in [0.4, 0.5) is 0 Å². The van der Waals surface area contributed by atoms with Gasteiger partial charge in [-0.05, 0) is 72.5 Å². The van der Waals surface area contributed by atoms with E-state index in [1.54, 1.807) is 0 Å². The first-order chi connectivity index (χ1) is 13.8. The van der Waals surface area contributed by atoms with Gasteiger partial charge in [0.2, 0.25) is 5.75 Å². The Morgan fingerprint density at radius 1 is 1.03 bits per heavy atom. The molecule has 0 atom stereocenters. The van der Waals surface area contributed by atoms with Crippen LogP contribution in [0.1, 0.15) is 30.5 Å². The Morgan fingerprint density at radius 3 is 2.59 bits per heavy atom. The van der Waals surface area contributed by atoms with Crippen molar-refractivity contribution in [2.45, 2.75) is 39.0 Å². The minimum absolute atomic E-state index is 0.604. The largest absolute Gasteiger partial charge is 0.449 e. The molecule has 0 amide bonds. The zero-order chi connectivity index (χ0) is 20.4. The van der Waals surface area contributed by atoms with Crippen molar-refractivity contribution >= 4 is 34.2 Å². The average Bonchev–Trinajstić information content (AvgIpc) is 2.65. The van der Waals surface area contributed by atoms with Crippen molar-refractivity contribution in [2.75, 3.05) is 0 Å². The number of nitrogens with zero attached hydrogens (tertiary/aromatic N) is 1. The topological polar surface area (TPSA) is 13.1 Å². The number of rotatable bonds is 2. The molecule has 0 fully saturated rings. The van der Waals surface area contributed by atoms with E-state index in [0.29, 0.717) is 5.92 Å². The molecule has 0 N–H and O–H groups in total. The molecule has 5 rings (SSSR count). The lowest BCUT2D eigenvalue weighted by Gasteiger charge is -2.24. The molecule has 0 saturated heterocycles. The van der Waals surface area contributed by atoms with Gasteiger partial charge in [-0.1, -0.05) is 26.0 Å². The van der Waals surface area contributed by atoms with Crippen LogP contribution in [0.25, 0.3) is 32.8 Å². The van der Waals surface area contributed by atoms with Crippen LogP contribution in [-0.2, 0) is 13.5 Å². The number of pyridine rings is 1. The van der Waals surface area contributed by atoms with Gasteiger partial charge in [-0.2, -0.15) is 4.57 Å². The number of thiol groups is 1. The third kappa shape index (κ3) is 2.83. The predicted molar refractivity (Wildman–Crippen MR) is 123 cm³/mol. The second kappa shape index (κ2) is 6.50. The van der Waals surface area contributed by atoms with Crippen LogP contribution < -0.4 is 9.30 Å². The third-order valence-electron chi connectivity index (χ3n) is 6.06. The Hall–Kier alpha value is -2.52. The Balaban J connectivity index is 1.93. The van der Waals surface area contributed by atoms with Gasteiger partial charge in [0.15, 0.2) is 6.20 Å². The van der Waals surface area contributed by atoms with Crippen molar-refractivity contribution in [2.24, 2.45) is 13.0 Å². The van der Waals surface area contributed by atoms with Crippen LogP contribution in [0, 0.1) is 19.8 Å². The molecule has 0 spiro atoms. The summed E-state index contributed by atoms with van der Waals surface area (Å²) in [5.74, 6) is 2.51. The molecule has 4 aromatic rings. The molecule has 0 radical (unpaired) electrons. The van der Waals surface area contributed by atoms with Crippen molar-refractivity contribution in [3.05, 3.63) is 59.3 Å². The van der Waals surface area contributed by atoms with E-state index < -0.39 is 0 Å². The quantitative estimate of drug-likeness (QED) is 0.257. The van der Waals surface area contributed by atoms with Crippen molar-refractivity contribution in [1.82, 2.24) is 0 Å². The lowest BCUT2D eigenvalue weighted by molar-refractivity contribution is -0.659. The average molecular weight is 401 g/mol. The summed E-state index contributed by atoms with van der Waals surface area (Å²) in [7, 11) is 2.11. The zero-order valence-corrected chi connectivity index (χ0v) is 18.5. The maximum absolute atomic E-state index is 6.66. The predicted octanol–water partition coefficient (Wildman–Crippen LogP) is 6.69. The molecule has 1 aliphatic heterocycles. The van der Waals surface area contributed by atoms with Crippen LogP contribution in [0.15, 0.2) is 47.5 Å². The summed E-state index contributed by atoms with van der Waals surface area (Å²) in [4.78, 5) is 0.947. The van der Waals surface area contributed by atoms with Gasteiger partial charge in [-0.25, -0.2) is 0 Å². The summed E-state index contributed by atoms with van der Waals surface area (Å²) in [6.45, 7) is 8.96. The van der Waals surface area contributed by atoms with Gasteiger partial charge in [0.1, 0.15) is 12.8 Å². The van der Waals surface area contributed by atoms with E-state index in [2.05, 4.69) is 88.5 Å². The van der Waals surface area contributed by atoms with Crippen LogP contribution in [-0.4, -0.2) is 0 Å². The summed E-state index contributed by atoms with van der Waals surface area (Å²) in [5, 5.41) is 4.77. The molecule has 146 valence electrons. The van der Waals surface area contributed by atoms with Crippen LogP contribution in [0.5, 0.6) is 11.5 Å². The molecule has 3 aromatic carbocycles. The number of ether oxygens (including phenoxy) is 1. The molecule has 29 heavy (non-hydrogen) atoms. The van der Waals surface area contributed by atoms with Gasteiger partial charge in [-0.15, -0.1) is 12.6 Å². The SMILES string of the molecule is Cc1cc2cc(CC(C)C)cc3c2c(c1C)-c1c(c2cc(S)ccc2c[n+]1C)O3. The fourth-order valence-corrected chi connectivity index (χ4v) is 4.89. The summed E-state index contributed by atoms with van der Waals surface area (Å²) >= 11 is 4.58. The molecule has 1 aliphatic rings. The highest BCUT2D eigenvalue weighted by molar-refractivity contribution is 7.80. The normalized spacial score (nSPS) is 12.5. The van der Waals surface area contributed by atoms with Gasteiger partial charge in [0.25, 0.3) is 5.69 Å². The highest BCUT2D eigenvalue weighted by Gasteiger charge is 2.32. The van der Waals surface area contributed by atoms with E-state index in [1.165, 1.54) is 33.0 Å². The number of aryl methyl sites for hydroxylation is 2. The fourth-order valence-electron chi connectivity index (χ4n) is 4.69. The molecular weight excluding hydrogens is 374 g/mol. The van der Waals surface area contributed by atoms with E-state index in [4.69, 9.17) is 4.74 Å². The Morgan fingerprint density at radius 2 is 1.83 bits per heavy atom. The van der Waals surface area contributed by atoms with Crippen molar-refractivity contribution in [3.63, 3.8) is 0 Å². The first-order valence-corrected chi connectivity index (χ1v) is 10.7. The minimum atomic E-state index is 0.604.